The van der Waals surface area contributed by atoms with Crippen LogP contribution in [0.5, 0.6) is 0 Å². The smallest absolute Gasteiger partial charge is 0.224 e. The summed E-state index contributed by atoms with van der Waals surface area (Å²) in [4.78, 5) is 14.6. The van der Waals surface area contributed by atoms with Crippen LogP contribution < -0.4 is 0 Å². The first kappa shape index (κ1) is 16.2. The molecule has 6 nitrogen and oxygen atoms in total. The minimum absolute atomic E-state index is 0.0658. The van der Waals surface area contributed by atoms with Crippen molar-refractivity contribution in [3.05, 3.63) is 47.7 Å². The summed E-state index contributed by atoms with van der Waals surface area (Å²) < 4.78 is 5.59. The number of piperidine rings is 1. The molecule has 0 saturated carbocycles. The van der Waals surface area contributed by atoms with Gasteiger partial charge in [-0.15, -0.1) is 10.2 Å². The van der Waals surface area contributed by atoms with E-state index in [9.17, 15) is 4.79 Å². The number of aryl methyl sites for hydroxylation is 1. The topological polar surface area (TPSA) is 83.0 Å². The molecular weight excluding hydrogens is 304 g/mol. The molecule has 1 aromatic heterocycles. The van der Waals surface area contributed by atoms with Gasteiger partial charge < -0.3 is 9.32 Å². The van der Waals surface area contributed by atoms with Gasteiger partial charge in [0.25, 0.3) is 0 Å². The van der Waals surface area contributed by atoms with E-state index in [-0.39, 0.29) is 17.7 Å². The van der Waals surface area contributed by atoms with Crippen LogP contribution in [0.3, 0.4) is 0 Å². The van der Waals surface area contributed by atoms with Crippen LogP contribution in [-0.4, -0.2) is 34.1 Å². The fraction of sp³-hybridized carbons (Fsp3) is 0.444. The van der Waals surface area contributed by atoms with E-state index in [4.69, 9.17) is 9.68 Å². The summed E-state index contributed by atoms with van der Waals surface area (Å²) in [6, 6.07) is 12.0. The second kappa shape index (κ2) is 7.26. The van der Waals surface area contributed by atoms with E-state index in [0.29, 0.717) is 31.3 Å². The lowest BCUT2D eigenvalue weighted by Crippen LogP contribution is -2.38. The van der Waals surface area contributed by atoms with Crippen molar-refractivity contribution in [3.63, 3.8) is 0 Å². The fourth-order valence-corrected chi connectivity index (χ4v) is 3.05. The van der Waals surface area contributed by atoms with Crippen molar-refractivity contribution in [2.45, 2.75) is 32.1 Å². The van der Waals surface area contributed by atoms with Crippen LogP contribution in [0.15, 0.2) is 34.7 Å². The van der Waals surface area contributed by atoms with Gasteiger partial charge in [0.15, 0.2) is 0 Å². The first-order chi connectivity index (χ1) is 11.7. The number of nitriles is 1. The van der Waals surface area contributed by atoms with Gasteiger partial charge in [-0.3, -0.25) is 4.79 Å². The summed E-state index contributed by atoms with van der Waals surface area (Å²) >= 11 is 0. The zero-order valence-electron chi connectivity index (χ0n) is 13.7. The quantitative estimate of drug-likeness (QED) is 0.863. The van der Waals surface area contributed by atoms with E-state index < -0.39 is 0 Å². The Hall–Kier alpha value is -2.68. The normalized spacial score (nSPS) is 16.6. The maximum absolute atomic E-state index is 12.7. The van der Waals surface area contributed by atoms with Crippen LogP contribution in [0.25, 0.3) is 0 Å². The molecule has 124 valence electrons. The fourth-order valence-electron chi connectivity index (χ4n) is 3.05. The Morgan fingerprint density at radius 1 is 1.33 bits per heavy atom. The van der Waals surface area contributed by atoms with Crippen molar-refractivity contribution in [1.82, 2.24) is 15.1 Å². The second-order valence-electron chi connectivity index (χ2n) is 6.11. The van der Waals surface area contributed by atoms with Crippen LogP contribution in [0.2, 0.25) is 0 Å². The van der Waals surface area contributed by atoms with Crippen molar-refractivity contribution in [1.29, 1.82) is 5.26 Å². The zero-order chi connectivity index (χ0) is 16.9. The van der Waals surface area contributed by atoms with Gasteiger partial charge >= 0.3 is 0 Å². The van der Waals surface area contributed by atoms with E-state index in [2.05, 4.69) is 16.3 Å². The van der Waals surface area contributed by atoms with Crippen LogP contribution in [0, 0.1) is 24.2 Å². The zero-order valence-corrected chi connectivity index (χ0v) is 13.7. The van der Waals surface area contributed by atoms with Gasteiger partial charge in [-0.25, -0.2) is 0 Å². The van der Waals surface area contributed by atoms with Gasteiger partial charge in [-0.05, 0) is 18.4 Å². The van der Waals surface area contributed by atoms with Crippen molar-refractivity contribution in [2.75, 3.05) is 13.1 Å². The molecule has 1 aromatic carbocycles. The van der Waals surface area contributed by atoms with Gasteiger partial charge in [0, 0.05) is 32.4 Å². The molecule has 1 fully saturated rings. The van der Waals surface area contributed by atoms with Gasteiger partial charge in [0.2, 0.25) is 17.7 Å². The highest BCUT2D eigenvalue weighted by Gasteiger charge is 2.28. The Morgan fingerprint density at radius 3 is 2.62 bits per heavy atom. The molecule has 0 N–H and O–H groups in total. The lowest BCUT2D eigenvalue weighted by Gasteiger charge is -2.30. The molecule has 1 aliphatic rings. The maximum Gasteiger partial charge on any atom is 0.224 e. The number of benzene rings is 1. The highest BCUT2D eigenvalue weighted by atomic mass is 16.4. The Kier molecular flexibility index (Phi) is 4.90. The van der Waals surface area contributed by atoms with E-state index in [1.54, 1.807) is 6.92 Å². The van der Waals surface area contributed by atoms with Gasteiger partial charge in [0.1, 0.15) is 0 Å². The largest absolute Gasteiger partial charge is 0.425 e. The summed E-state index contributed by atoms with van der Waals surface area (Å²) in [5.74, 6) is 0.856. The molecule has 1 atom stereocenters. The molecule has 1 unspecified atom stereocenters. The van der Waals surface area contributed by atoms with Crippen LogP contribution >= 0.6 is 0 Å². The molecule has 1 saturated heterocycles. The van der Waals surface area contributed by atoms with Crippen molar-refractivity contribution in [3.8, 4) is 6.07 Å². The molecule has 2 aromatic rings. The van der Waals surface area contributed by atoms with Gasteiger partial charge in [0.05, 0.1) is 12.0 Å². The molecule has 0 spiro atoms. The molecule has 0 aliphatic carbocycles. The minimum Gasteiger partial charge on any atom is -0.425 e. The number of hydrogen-bond acceptors (Lipinski definition) is 5. The van der Waals surface area contributed by atoms with Gasteiger partial charge in [-0.1, -0.05) is 30.3 Å². The number of hydrogen-bond donors (Lipinski definition) is 0. The molecule has 2 heterocycles. The average molecular weight is 324 g/mol. The van der Waals surface area contributed by atoms with Gasteiger partial charge in [-0.2, -0.15) is 5.26 Å². The lowest BCUT2D eigenvalue weighted by molar-refractivity contribution is -0.132. The number of aromatic nitrogens is 2. The highest BCUT2D eigenvalue weighted by Crippen LogP contribution is 2.28. The number of nitrogens with zero attached hydrogens (tertiary/aromatic N) is 4. The summed E-state index contributed by atoms with van der Waals surface area (Å²) in [6.45, 7) is 3.02. The Labute approximate surface area is 141 Å². The predicted molar refractivity (Wildman–Crippen MR) is 86.9 cm³/mol. The highest BCUT2D eigenvalue weighted by molar-refractivity contribution is 5.77. The maximum atomic E-state index is 12.7. The molecule has 0 radical (unpaired) electrons. The monoisotopic (exact) mass is 324 g/mol. The molecule has 1 amide bonds. The summed E-state index contributed by atoms with van der Waals surface area (Å²) in [5.41, 5.74) is 0.987. The van der Waals surface area contributed by atoms with Crippen molar-refractivity contribution >= 4 is 5.91 Å². The standard InChI is InChI=1S/C18H20N4O2/c1-13-20-21-18(24-13)16(15-5-3-2-4-6-15)11-17(23)22-9-7-14(12-19)8-10-22/h2-6,14,16H,7-11H2,1H3. The summed E-state index contributed by atoms with van der Waals surface area (Å²) in [6.07, 6.45) is 1.79. The average Bonchev–Trinajstić information content (AvgIpc) is 3.06. The Balaban J connectivity index is 1.75. The summed E-state index contributed by atoms with van der Waals surface area (Å²) in [5, 5.41) is 17.0. The number of rotatable bonds is 4. The van der Waals surface area contributed by atoms with Crippen LogP contribution in [-0.2, 0) is 4.79 Å². The Morgan fingerprint density at radius 2 is 2.04 bits per heavy atom. The third kappa shape index (κ3) is 3.62. The predicted octanol–water partition coefficient (Wildman–Crippen LogP) is 2.66. The molecule has 24 heavy (non-hydrogen) atoms. The molecular formula is C18H20N4O2. The van der Waals surface area contributed by atoms with Crippen LogP contribution in [0.4, 0.5) is 0 Å². The van der Waals surface area contributed by atoms with E-state index in [1.165, 1.54) is 0 Å². The Bertz CT molecular complexity index is 727. The van der Waals surface area contributed by atoms with E-state index >= 15 is 0 Å². The van der Waals surface area contributed by atoms with E-state index in [0.717, 1.165) is 18.4 Å². The molecule has 3 rings (SSSR count). The third-order valence-electron chi connectivity index (χ3n) is 4.45. The number of carbonyl (C=O) groups is 1. The first-order valence-corrected chi connectivity index (χ1v) is 8.19. The number of likely N-dealkylation sites (tertiary alicyclic amines) is 1. The SMILES string of the molecule is Cc1nnc(C(CC(=O)N2CCC(C#N)CC2)c2ccccc2)o1. The van der Waals surface area contributed by atoms with Crippen LogP contribution in [0.1, 0.15) is 42.5 Å². The van der Waals surface area contributed by atoms with E-state index in [1.807, 2.05) is 35.2 Å². The number of amides is 1. The third-order valence-corrected chi connectivity index (χ3v) is 4.45. The molecule has 6 heteroatoms. The lowest BCUT2D eigenvalue weighted by atomic mass is 9.93. The molecule has 0 bridgehead atoms. The minimum atomic E-state index is -0.242. The first-order valence-electron chi connectivity index (χ1n) is 8.19. The molecule has 1 aliphatic heterocycles. The van der Waals surface area contributed by atoms with Crippen molar-refractivity contribution < 1.29 is 9.21 Å². The van der Waals surface area contributed by atoms with Crippen molar-refractivity contribution in [2.24, 2.45) is 5.92 Å². The second-order valence-corrected chi connectivity index (χ2v) is 6.11. The number of carbonyl (C=O) groups excluding carboxylic acids is 1. The summed E-state index contributed by atoms with van der Waals surface area (Å²) in [7, 11) is 0.